The molecule has 0 aromatic heterocycles. The Bertz CT molecular complexity index is 1070. The van der Waals surface area contributed by atoms with Gasteiger partial charge in [-0.2, -0.15) is 4.72 Å². The molecule has 1 aliphatic heterocycles. The molecule has 0 spiro atoms. The first-order valence-electron chi connectivity index (χ1n) is 9.15. The molecule has 7 nitrogen and oxygen atoms in total. The Hall–Kier alpha value is -3.02. The lowest BCUT2D eigenvalue weighted by Gasteiger charge is -2.14. The highest BCUT2D eigenvalue weighted by Gasteiger charge is 2.23. The van der Waals surface area contributed by atoms with E-state index in [9.17, 15) is 13.2 Å². The van der Waals surface area contributed by atoms with Crippen molar-refractivity contribution in [2.45, 2.75) is 31.3 Å². The first-order valence-corrected chi connectivity index (χ1v) is 10.6. The lowest BCUT2D eigenvalue weighted by Crippen LogP contribution is -2.24. The standard InChI is InChI=1S/C21H22N2O5S/c1-4-9-22-29(25,26)17-8-6-7-15(11-17)21(24)23-18-13-19-16(10-14(3)28-19)12-20(18)27-5-2/h1,6-8,11-14,22H,5,9-10H2,2-3H3,(H,23,24)/t14-/m1/s1. The quantitative estimate of drug-likeness (QED) is 0.679. The average molecular weight is 414 g/mol. The monoisotopic (exact) mass is 414 g/mol. The van der Waals surface area contributed by atoms with Crippen molar-refractivity contribution in [1.82, 2.24) is 4.72 Å². The topological polar surface area (TPSA) is 93.7 Å². The summed E-state index contributed by atoms with van der Waals surface area (Å²) in [7, 11) is -3.80. The third kappa shape index (κ3) is 4.70. The number of hydrogen-bond acceptors (Lipinski definition) is 5. The van der Waals surface area contributed by atoms with Crippen LogP contribution in [-0.2, 0) is 16.4 Å². The Balaban J connectivity index is 1.87. The minimum absolute atomic E-state index is 0.0449. The molecular weight excluding hydrogens is 392 g/mol. The summed E-state index contributed by atoms with van der Waals surface area (Å²) in [6, 6.07) is 9.31. The van der Waals surface area contributed by atoms with Gasteiger partial charge in [0.1, 0.15) is 17.6 Å². The van der Waals surface area contributed by atoms with Crippen LogP contribution >= 0.6 is 0 Å². The van der Waals surface area contributed by atoms with Crippen LogP contribution in [0.25, 0.3) is 0 Å². The van der Waals surface area contributed by atoms with Crippen molar-refractivity contribution in [2.24, 2.45) is 0 Å². The predicted molar refractivity (Wildman–Crippen MR) is 110 cm³/mol. The van der Waals surface area contributed by atoms with Crippen LogP contribution in [0, 0.1) is 12.3 Å². The normalized spacial score (nSPS) is 15.1. The van der Waals surface area contributed by atoms with Gasteiger partial charge >= 0.3 is 0 Å². The number of benzene rings is 2. The highest BCUT2D eigenvalue weighted by Crippen LogP contribution is 2.38. The number of sulfonamides is 1. The van der Waals surface area contributed by atoms with Crippen LogP contribution in [-0.4, -0.2) is 33.6 Å². The number of rotatable bonds is 7. The van der Waals surface area contributed by atoms with Gasteiger partial charge in [0, 0.05) is 23.6 Å². The van der Waals surface area contributed by atoms with Gasteiger partial charge in [0.25, 0.3) is 5.91 Å². The molecule has 1 atom stereocenters. The Kier molecular flexibility index (Phi) is 6.11. The molecule has 0 bridgehead atoms. The fourth-order valence-electron chi connectivity index (χ4n) is 3.03. The summed E-state index contributed by atoms with van der Waals surface area (Å²) in [6.07, 6.45) is 5.93. The first kappa shape index (κ1) is 20.7. The second-order valence-electron chi connectivity index (χ2n) is 6.53. The fraction of sp³-hybridized carbons (Fsp3) is 0.286. The zero-order valence-electron chi connectivity index (χ0n) is 16.2. The van der Waals surface area contributed by atoms with Gasteiger partial charge in [-0.05, 0) is 38.1 Å². The van der Waals surface area contributed by atoms with Crippen LogP contribution in [0.15, 0.2) is 41.3 Å². The summed E-state index contributed by atoms with van der Waals surface area (Å²) < 4.78 is 38.2. The number of hydrogen-bond donors (Lipinski definition) is 2. The molecule has 29 heavy (non-hydrogen) atoms. The van der Waals surface area contributed by atoms with Gasteiger partial charge in [0.15, 0.2) is 0 Å². The molecule has 8 heteroatoms. The molecule has 3 rings (SSSR count). The maximum Gasteiger partial charge on any atom is 0.255 e. The number of anilines is 1. The molecular formula is C21H22N2O5S. The van der Waals surface area contributed by atoms with E-state index in [1.54, 1.807) is 6.07 Å². The molecule has 2 N–H and O–H groups in total. The van der Waals surface area contributed by atoms with E-state index in [2.05, 4.69) is 16.0 Å². The van der Waals surface area contributed by atoms with Gasteiger partial charge in [-0.1, -0.05) is 12.0 Å². The minimum atomic E-state index is -3.80. The average Bonchev–Trinajstić information content (AvgIpc) is 3.05. The summed E-state index contributed by atoms with van der Waals surface area (Å²) in [5.74, 6) is 2.98. The molecule has 152 valence electrons. The Morgan fingerprint density at radius 2 is 2.14 bits per heavy atom. The summed E-state index contributed by atoms with van der Waals surface area (Å²) in [6.45, 7) is 4.13. The molecule has 0 fully saturated rings. The van der Waals surface area contributed by atoms with E-state index in [0.717, 1.165) is 12.0 Å². The van der Waals surface area contributed by atoms with Crippen LogP contribution < -0.4 is 19.5 Å². The molecule has 1 amide bonds. The van der Waals surface area contributed by atoms with E-state index in [0.29, 0.717) is 23.8 Å². The fourth-order valence-corrected chi connectivity index (χ4v) is 4.01. The van der Waals surface area contributed by atoms with Crippen molar-refractivity contribution < 1.29 is 22.7 Å². The number of terminal acetylenes is 1. The Morgan fingerprint density at radius 1 is 1.34 bits per heavy atom. The molecule has 2 aromatic rings. The van der Waals surface area contributed by atoms with Crippen LogP contribution in [0.1, 0.15) is 29.8 Å². The van der Waals surface area contributed by atoms with Gasteiger partial charge in [0.2, 0.25) is 10.0 Å². The number of carbonyl (C=O) groups excluding carboxylic acids is 1. The van der Waals surface area contributed by atoms with Crippen molar-refractivity contribution >= 4 is 21.6 Å². The molecule has 0 saturated heterocycles. The zero-order chi connectivity index (χ0) is 21.0. The van der Waals surface area contributed by atoms with Gasteiger partial charge in [-0.15, -0.1) is 6.42 Å². The smallest absolute Gasteiger partial charge is 0.255 e. The molecule has 0 aliphatic carbocycles. The maximum absolute atomic E-state index is 12.8. The third-order valence-corrected chi connectivity index (χ3v) is 5.72. The molecule has 0 saturated carbocycles. The number of nitrogens with one attached hydrogen (secondary N) is 2. The van der Waals surface area contributed by atoms with E-state index >= 15 is 0 Å². The highest BCUT2D eigenvalue weighted by molar-refractivity contribution is 7.89. The summed E-state index contributed by atoms with van der Waals surface area (Å²) in [5.41, 5.74) is 1.67. The molecule has 0 unspecified atom stereocenters. The van der Waals surface area contributed by atoms with Crippen molar-refractivity contribution in [2.75, 3.05) is 18.5 Å². The van der Waals surface area contributed by atoms with Gasteiger partial charge in [-0.25, -0.2) is 8.42 Å². The number of carbonyl (C=O) groups is 1. The number of fused-ring (bicyclic) bond motifs is 1. The van der Waals surface area contributed by atoms with Gasteiger partial charge in [-0.3, -0.25) is 4.79 Å². The second-order valence-corrected chi connectivity index (χ2v) is 8.30. The van der Waals surface area contributed by atoms with E-state index in [1.165, 1.54) is 24.3 Å². The molecule has 0 radical (unpaired) electrons. The van der Waals surface area contributed by atoms with E-state index in [-0.39, 0.29) is 23.1 Å². The van der Waals surface area contributed by atoms with E-state index in [4.69, 9.17) is 15.9 Å². The minimum Gasteiger partial charge on any atom is -0.492 e. The zero-order valence-corrected chi connectivity index (χ0v) is 17.0. The van der Waals surface area contributed by atoms with Gasteiger partial charge in [0.05, 0.1) is 23.7 Å². The Labute approximate surface area is 170 Å². The van der Waals surface area contributed by atoms with Crippen LogP contribution in [0.2, 0.25) is 0 Å². The van der Waals surface area contributed by atoms with Crippen LogP contribution in [0.5, 0.6) is 11.5 Å². The van der Waals surface area contributed by atoms with Crippen LogP contribution in [0.3, 0.4) is 0 Å². The molecule has 2 aromatic carbocycles. The van der Waals surface area contributed by atoms with Crippen molar-refractivity contribution in [1.29, 1.82) is 0 Å². The largest absolute Gasteiger partial charge is 0.492 e. The van der Waals surface area contributed by atoms with Crippen molar-refractivity contribution in [3.8, 4) is 23.8 Å². The number of amides is 1. The molecule has 1 heterocycles. The second kappa shape index (κ2) is 8.55. The molecule has 1 aliphatic rings. The first-order chi connectivity index (χ1) is 13.8. The third-order valence-electron chi connectivity index (χ3n) is 4.32. The van der Waals surface area contributed by atoms with Gasteiger partial charge < -0.3 is 14.8 Å². The van der Waals surface area contributed by atoms with Crippen molar-refractivity contribution in [3.63, 3.8) is 0 Å². The SMILES string of the molecule is C#CCNS(=O)(=O)c1cccc(C(=O)Nc2cc3c(cc2OCC)C[C@@H](C)O3)c1. The Morgan fingerprint density at radius 3 is 2.86 bits per heavy atom. The summed E-state index contributed by atoms with van der Waals surface area (Å²) >= 11 is 0. The van der Waals surface area contributed by atoms with E-state index < -0.39 is 15.9 Å². The lowest BCUT2D eigenvalue weighted by atomic mass is 10.1. The highest BCUT2D eigenvalue weighted by atomic mass is 32.2. The number of ether oxygens (including phenoxy) is 2. The summed E-state index contributed by atoms with van der Waals surface area (Å²) in [5, 5.41) is 2.79. The maximum atomic E-state index is 12.8. The van der Waals surface area contributed by atoms with E-state index in [1.807, 2.05) is 19.9 Å². The lowest BCUT2D eigenvalue weighted by molar-refractivity contribution is 0.102. The van der Waals surface area contributed by atoms with Crippen LogP contribution in [0.4, 0.5) is 5.69 Å². The van der Waals surface area contributed by atoms with Crippen molar-refractivity contribution in [3.05, 3.63) is 47.5 Å². The predicted octanol–water partition coefficient (Wildman–Crippen LogP) is 2.57. The summed E-state index contributed by atoms with van der Waals surface area (Å²) in [4.78, 5) is 12.7.